The lowest BCUT2D eigenvalue weighted by molar-refractivity contribution is 0.0859. The number of para-hydroxylation sites is 2. The molecular formula is C22H20ClN5O2. The highest BCUT2D eigenvalue weighted by Crippen LogP contribution is 2.31. The Hall–Kier alpha value is -3.16. The van der Waals surface area contributed by atoms with Crippen molar-refractivity contribution in [2.45, 2.75) is 18.9 Å². The van der Waals surface area contributed by atoms with Crippen molar-refractivity contribution in [3.63, 3.8) is 0 Å². The van der Waals surface area contributed by atoms with Crippen molar-refractivity contribution in [1.29, 1.82) is 0 Å². The third kappa shape index (κ3) is 3.26. The number of rotatable bonds is 4. The minimum Gasteiger partial charge on any atom is -0.384 e. The molecule has 2 aromatic heterocycles. The van der Waals surface area contributed by atoms with Crippen LogP contribution in [0.25, 0.3) is 27.9 Å². The van der Waals surface area contributed by atoms with Crippen LogP contribution in [0.3, 0.4) is 0 Å². The number of halogens is 1. The third-order valence-corrected chi connectivity index (χ3v) is 5.58. The van der Waals surface area contributed by atoms with Gasteiger partial charge < -0.3 is 15.8 Å². The molecule has 1 fully saturated rings. The van der Waals surface area contributed by atoms with Crippen LogP contribution in [0, 0.1) is 0 Å². The van der Waals surface area contributed by atoms with E-state index < -0.39 is 0 Å². The second-order valence-corrected chi connectivity index (χ2v) is 7.74. The Morgan fingerprint density at radius 2 is 1.90 bits per heavy atom. The fourth-order valence-electron chi connectivity index (χ4n) is 3.84. The minimum absolute atomic E-state index is 0.0340. The van der Waals surface area contributed by atoms with E-state index in [1.807, 2.05) is 36.4 Å². The number of nitrogens with two attached hydrogens (primary N) is 1. The second-order valence-electron chi connectivity index (χ2n) is 7.30. The zero-order chi connectivity index (χ0) is 20.7. The van der Waals surface area contributed by atoms with E-state index in [4.69, 9.17) is 32.0 Å². The summed E-state index contributed by atoms with van der Waals surface area (Å²) in [4.78, 5) is 22.6. The van der Waals surface area contributed by atoms with Gasteiger partial charge in [-0.25, -0.2) is 9.97 Å². The maximum absolute atomic E-state index is 13.1. The van der Waals surface area contributed by atoms with Gasteiger partial charge in [-0.15, -0.1) is 0 Å². The van der Waals surface area contributed by atoms with Crippen LogP contribution in [0.1, 0.15) is 23.2 Å². The first-order chi connectivity index (χ1) is 14.6. The number of ether oxygens (including phenoxy) is 1. The Bertz CT molecular complexity index is 1250. The molecule has 7 nitrogen and oxygen atoms in total. The molecule has 1 atom stereocenters. The van der Waals surface area contributed by atoms with Gasteiger partial charge in [0.25, 0.3) is 5.91 Å². The van der Waals surface area contributed by atoms with Crippen LogP contribution in [0.15, 0.2) is 48.5 Å². The Morgan fingerprint density at radius 3 is 2.60 bits per heavy atom. The number of carbonyl (C=O) groups is 1. The molecule has 4 aromatic rings. The summed E-state index contributed by atoms with van der Waals surface area (Å²) >= 11 is 6.05. The molecule has 152 valence electrons. The molecule has 1 aliphatic rings. The number of nitrogens with one attached hydrogen (secondary N) is 1. The Labute approximate surface area is 177 Å². The van der Waals surface area contributed by atoms with Crippen LogP contribution < -0.4 is 11.1 Å². The molecule has 0 bridgehead atoms. The van der Waals surface area contributed by atoms with Crippen LogP contribution in [-0.4, -0.2) is 39.7 Å². The lowest BCUT2D eigenvalue weighted by Gasteiger charge is -2.11. The monoisotopic (exact) mass is 421 g/mol. The van der Waals surface area contributed by atoms with Crippen LogP contribution in [0.2, 0.25) is 5.02 Å². The van der Waals surface area contributed by atoms with E-state index in [-0.39, 0.29) is 17.8 Å². The van der Waals surface area contributed by atoms with E-state index >= 15 is 0 Å². The number of aromatic nitrogens is 3. The predicted octanol–water partition coefficient (Wildman–Crippen LogP) is 3.72. The number of fused-ring (bicyclic) bond motifs is 2. The number of amides is 1. The van der Waals surface area contributed by atoms with E-state index in [1.54, 1.807) is 16.7 Å². The normalized spacial score (nSPS) is 16.4. The molecule has 0 saturated carbocycles. The fourth-order valence-corrected chi connectivity index (χ4v) is 3.96. The van der Waals surface area contributed by atoms with Gasteiger partial charge in [0, 0.05) is 23.9 Å². The standard InChI is InChI=1S/C22H20ClN5O2/c23-13-7-9-14(10-8-13)28-20(24)18(22(29)25-12-15-4-3-11-30-15)19-21(28)27-17-6-2-1-5-16(17)26-19/h1-2,5-10,15H,3-4,11-12,24H2,(H,25,29)/t15-/m0/s1. The Balaban J connectivity index is 1.66. The van der Waals surface area contributed by atoms with E-state index in [2.05, 4.69) is 5.32 Å². The number of nitrogen functional groups attached to an aromatic ring is 1. The third-order valence-electron chi connectivity index (χ3n) is 5.32. The maximum Gasteiger partial charge on any atom is 0.257 e. The van der Waals surface area contributed by atoms with Gasteiger partial charge in [0.15, 0.2) is 5.65 Å². The van der Waals surface area contributed by atoms with Crippen molar-refractivity contribution in [2.24, 2.45) is 0 Å². The molecule has 8 heteroatoms. The molecule has 1 aliphatic heterocycles. The van der Waals surface area contributed by atoms with Crippen molar-refractivity contribution < 1.29 is 9.53 Å². The minimum atomic E-state index is -0.287. The largest absolute Gasteiger partial charge is 0.384 e. The summed E-state index contributed by atoms with van der Waals surface area (Å²) in [7, 11) is 0. The first-order valence-corrected chi connectivity index (χ1v) is 10.2. The second kappa shape index (κ2) is 7.59. The quantitative estimate of drug-likeness (QED) is 0.523. The molecule has 2 aromatic carbocycles. The first kappa shape index (κ1) is 18.8. The number of hydrogen-bond donors (Lipinski definition) is 2. The number of nitrogens with zero attached hydrogens (tertiary/aromatic N) is 3. The van der Waals surface area contributed by atoms with E-state index in [0.717, 1.165) is 30.7 Å². The van der Waals surface area contributed by atoms with Gasteiger partial charge in [0.2, 0.25) is 0 Å². The Kier molecular flexibility index (Phi) is 4.77. The fraction of sp³-hybridized carbons (Fsp3) is 0.227. The van der Waals surface area contributed by atoms with Crippen molar-refractivity contribution >= 4 is 45.5 Å². The zero-order valence-corrected chi connectivity index (χ0v) is 16.9. The maximum atomic E-state index is 13.1. The van der Waals surface area contributed by atoms with Crippen molar-refractivity contribution in [3.05, 3.63) is 59.1 Å². The van der Waals surface area contributed by atoms with Crippen LogP contribution in [0.4, 0.5) is 5.82 Å². The number of hydrogen-bond acceptors (Lipinski definition) is 5. The molecule has 0 unspecified atom stereocenters. The molecule has 3 N–H and O–H groups in total. The molecule has 0 aliphatic carbocycles. The summed E-state index contributed by atoms with van der Waals surface area (Å²) in [5.41, 5.74) is 9.98. The molecule has 30 heavy (non-hydrogen) atoms. The molecule has 5 rings (SSSR count). The SMILES string of the molecule is Nc1c(C(=O)NC[C@@H]2CCCO2)c2nc3ccccc3nc2n1-c1ccc(Cl)cc1. The van der Waals surface area contributed by atoms with E-state index in [0.29, 0.717) is 33.8 Å². The molecule has 0 spiro atoms. The van der Waals surface area contributed by atoms with Crippen molar-refractivity contribution in [3.8, 4) is 5.69 Å². The number of carbonyl (C=O) groups excluding carboxylic acids is 1. The zero-order valence-electron chi connectivity index (χ0n) is 16.1. The summed E-state index contributed by atoms with van der Waals surface area (Å²) in [6, 6.07) is 14.8. The average molecular weight is 422 g/mol. The van der Waals surface area contributed by atoms with Gasteiger partial charge in [-0.1, -0.05) is 23.7 Å². The van der Waals surface area contributed by atoms with Gasteiger partial charge in [0.1, 0.15) is 16.9 Å². The van der Waals surface area contributed by atoms with Gasteiger partial charge in [-0.05, 0) is 49.2 Å². The average Bonchev–Trinajstić information content (AvgIpc) is 3.37. The summed E-state index contributed by atoms with van der Waals surface area (Å²) in [5, 5.41) is 3.56. The number of anilines is 1. The van der Waals surface area contributed by atoms with Crippen LogP contribution in [0.5, 0.6) is 0 Å². The summed E-state index contributed by atoms with van der Waals surface area (Å²) in [5.74, 6) is -0.00207. The lowest BCUT2D eigenvalue weighted by atomic mass is 10.2. The van der Waals surface area contributed by atoms with Gasteiger partial charge in [0.05, 0.1) is 17.1 Å². The summed E-state index contributed by atoms with van der Waals surface area (Å²) < 4.78 is 7.35. The molecular weight excluding hydrogens is 402 g/mol. The molecule has 0 radical (unpaired) electrons. The molecule has 3 heterocycles. The highest BCUT2D eigenvalue weighted by molar-refractivity contribution is 6.30. The van der Waals surface area contributed by atoms with E-state index in [1.165, 1.54) is 0 Å². The van der Waals surface area contributed by atoms with Crippen LogP contribution in [-0.2, 0) is 4.74 Å². The van der Waals surface area contributed by atoms with Crippen molar-refractivity contribution in [2.75, 3.05) is 18.9 Å². The first-order valence-electron chi connectivity index (χ1n) is 9.84. The highest BCUT2D eigenvalue weighted by atomic mass is 35.5. The highest BCUT2D eigenvalue weighted by Gasteiger charge is 2.26. The molecule has 1 saturated heterocycles. The Morgan fingerprint density at radius 1 is 1.17 bits per heavy atom. The summed E-state index contributed by atoms with van der Waals surface area (Å²) in [6.45, 7) is 1.17. The number of benzene rings is 2. The smallest absolute Gasteiger partial charge is 0.257 e. The summed E-state index contributed by atoms with van der Waals surface area (Å²) in [6.07, 6.45) is 1.98. The van der Waals surface area contributed by atoms with Gasteiger partial charge in [-0.3, -0.25) is 9.36 Å². The van der Waals surface area contributed by atoms with Gasteiger partial charge in [-0.2, -0.15) is 0 Å². The predicted molar refractivity (Wildman–Crippen MR) is 117 cm³/mol. The lowest BCUT2D eigenvalue weighted by Crippen LogP contribution is -2.32. The van der Waals surface area contributed by atoms with Crippen LogP contribution >= 0.6 is 11.6 Å². The van der Waals surface area contributed by atoms with Crippen molar-refractivity contribution in [1.82, 2.24) is 19.9 Å². The topological polar surface area (TPSA) is 95.1 Å². The molecule has 1 amide bonds. The van der Waals surface area contributed by atoms with Gasteiger partial charge >= 0.3 is 0 Å². The van der Waals surface area contributed by atoms with E-state index in [9.17, 15) is 4.79 Å².